The molecule has 1 aliphatic rings. The first kappa shape index (κ1) is 19.9. The molecule has 6 nitrogen and oxygen atoms in total. The number of carbonyl (C=O) groups excluding carboxylic acids is 1. The Kier molecular flexibility index (Phi) is 5.67. The van der Waals surface area contributed by atoms with Crippen LogP contribution in [-0.2, 0) is 0 Å². The minimum absolute atomic E-state index is 0.424. The second-order valence-corrected chi connectivity index (χ2v) is 7.20. The molecular formula is C22H21F2N5O. The van der Waals surface area contributed by atoms with Crippen LogP contribution in [0, 0.1) is 11.6 Å². The van der Waals surface area contributed by atoms with E-state index in [-0.39, 0.29) is 0 Å². The minimum atomic E-state index is -0.903. The summed E-state index contributed by atoms with van der Waals surface area (Å²) in [6.45, 7) is 3.82. The zero-order valence-corrected chi connectivity index (χ0v) is 16.5. The average molecular weight is 409 g/mol. The third kappa shape index (κ3) is 4.28. The van der Waals surface area contributed by atoms with Crippen LogP contribution in [0.1, 0.15) is 10.4 Å². The molecule has 1 fully saturated rings. The number of benzene rings is 2. The van der Waals surface area contributed by atoms with Crippen molar-refractivity contribution in [2.75, 3.05) is 43.4 Å². The standard InChI is InChI=1S/C22H21F2N5O/c1-28-11-13-29(14-12-28)20-10-9-19(26-27-20)15-5-7-16(8-6-15)25-22(30)21-17(23)3-2-4-18(21)24/h2-10H,11-14H2,1H3,(H,25,30). The lowest BCUT2D eigenvalue weighted by Crippen LogP contribution is -2.44. The molecule has 0 aliphatic carbocycles. The first-order valence-corrected chi connectivity index (χ1v) is 9.64. The Morgan fingerprint density at radius 2 is 1.57 bits per heavy atom. The molecule has 3 aromatic rings. The molecule has 2 aromatic carbocycles. The number of amides is 1. The third-order valence-corrected chi connectivity index (χ3v) is 5.11. The highest BCUT2D eigenvalue weighted by Gasteiger charge is 2.18. The van der Waals surface area contributed by atoms with Gasteiger partial charge in [0.15, 0.2) is 5.82 Å². The van der Waals surface area contributed by atoms with E-state index in [2.05, 4.69) is 32.4 Å². The molecule has 4 rings (SSSR count). The molecule has 1 aromatic heterocycles. The van der Waals surface area contributed by atoms with E-state index >= 15 is 0 Å². The van der Waals surface area contributed by atoms with Gasteiger partial charge in [0.2, 0.25) is 0 Å². The van der Waals surface area contributed by atoms with Crippen LogP contribution in [0.5, 0.6) is 0 Å². The van der Waals surface area contributed by atoms with E-state index in [4.69, 9.17) is 0 Å². The topological polar surface area (TPSA) is 61.4 Å². The molecule has 0 bridgehead atoms. The molecule has 0 spiro atoms. The SMILES string of the molecule is CN1CCN(c2ccc(-c3ccc(NC(=O)c4c(F)cccc4F)cc3)nn2)CC1. The maximum atomic E-state index is 13.8. The zero-order chi connectivity index (χ0) is 21.1. The van der Waals surface area contributed by atoms with E-state index in [0.717, 1.165) is 49.7 Å². The van der Waals surface area contributed by atoms with Gasteiger partial charge in [-0.3, -0.25) is 4.79 Å². The van der Waals surface area contributed by atoms with Crippen molar-refractivity contribution >= 4 is 17.4 Å². The second-order valence-electron chi connectivity index (χ2n) is 7.20. The number of rotatable bonds is 4. The summed E-state index contributed by atoms with van der Waals surface area (Å²) in [5, 5.41) is 11.2. The van der Waals surface area contributed by atoms with Gasteiger partial charge in [0.05, 0.1) is 5.69 Å². The summed E-state index contributed by atoms with van der Waals surface area (Å²) in [5.74, 6) is -1.79. The average Bonchev–Trinajstić information content (AvgIpc) is 2.75. The predicted octanol–water partition coefficient (Wildman–Crippen LogP) is 3.43. The van der Waals surface area contributed by atoms with Crippen LogP contribution in [0.2, 0.25) is 0 Å². The van der Waals surface area contributed by atoms with Gasteiger partial charge in [-0.2, -0.15) is 0 Å². The molecule has 30 heavy (non-hydrogen) atoms. The van der Waals surface area contributed by atoms with Gasteiger partial charge in [0, 0.05) is 37.4 Å². The van der Waals surface area contributed by atoms with E-state index in [1.807, 2.05) is 12.1 Å². The molecule has 1 aliphatic heterocycles. The summed E-state index contributed by atoms with van der Waals surface area (Å²) in [4.78, 5) is 16.7. The Hall–Kier alpha value is -3.39. The number of likely N-dealkylation sites (N-methyl/N-ethyl adjacent to an activating group) is 1. The molecule has 2 heterocycles. The molecule has 0 saturated carbocycles. The summed E-state index contributed by atoms with van der Waals surface area (Å²) in [5.41, 5.74) is 1.34. The maximum absolute atomic E-state index is 13.8. The Balaban J connectivity index is 1.44. The van der Waals surface area contributed by atoms with Gasteiger partial charge in [-0.05, 0) is 43.4 Å². The molecule has 1 saturated heterocycles. The van der Waals surface area contributed by atoms with Gasteiger partial charge in [0.1, 0.15) is 17.2 Å². The van der Waals surface area contributed by atoms with Gasteiger partial charge in [-0.1, -0.05) is 18.2 Å². The Labute approximate surface area is 173 Å². The molecule has 1 amide bonds. The van der Waals surface area contributed by atoms with Gasteiger partial charge in [0.25, 0.3) is 5.91 Å². The largest absolute Gasteiger partial charge is 0.353 e. The van der Waals surface area contributed by atoms with Crippen molar-refractivity contribution in [2.45, 2.75) is 0 Å². The summed E-state index contributed by atoms with van der Waals surface area (Å²) in [6.07, 6.45) is 0. The van der Waals surface area contributed by atoms with Crippen LogP contribution in [0.3, 0.4) is 0 Å². The quantitative estimate of drug-likeness (QED) is 0.716. The van der Waals surface area contributed by atoms with E-state index in [1.165, 1.54) is 6.07 Å². The lowest BCUT2D eigenvalue weighted by atomic mass is 10.1. The van der Waals surface area contributed by atoms with Crippen molar-refractivity contribution in [2.24, 2.45) is 0 Å². The number of anilines is 2. The molecule has 154 valence electrons. The van der Waals surface area contributed by atoms with Crippen molar-refractivity contribution in [3.8, 4) is 11.3 Å². The van der Waals surface area contributed by atoms with Gasteiger partial charge >= 0.3 is 0 Å². The predicted molar refractivity (Wildman–Crippen MR) is 111 cm³/mol. The van der Waals surface area contributed by atoms with Crippen molar-refractivity contribution in [3.05, 3.63) is 71.8 Å². The van der Waals surface area contributed by atoms with Crippen LogP contribution >= 0.6 is 0 Å². The van der Waals surface area contributed by atoms with Crippen LogP contribution in [0.25, 0.3) is 11.3 Å². The normalized spacial score (nSPS) is 14.6. The number of aromatic nitrogens is 2. The van der Waals surface area contributed by atoms with Crippen LogP contribution in [-0.4, -0.2) is 54.2 Å². The number of nitrogens with one attached hydrogen (secondary N) is 1. The molecular weight excluding hydrogens is 388 g/mol. The summed E-state index contributed by atoms with van der Waals surface area (Å²) in [7, 11) is 2.10. The number of carbonyl (C=O) groups is 1. The van der Waals surface area contributed by atoms with Gasteiger partial charge in [-0.25, -0.2) is 8.78 Å². The van der Waals surface area contributed by atoms with Crippen LogP contribution in [0.4, 0.5) is 20.3 Å². The molecule has 8 heteroatoms. The maximum Gasteiger partial charge on any atom is 0.261 e. The van der Waals surface area contributed by atoms with Crippen molar-refractivity contribution < 1.29 is 13.6 Å². The van der Waals surface area contributed by atoms with Crippen LogP contribution in [0.15, 0.2) is 54.6 Å². The lowest BCUT2D eigenvalue weighted by Gasteiger charge is -2.32. The van der Waals surface area contributed by atoms with Crippen molar-refractivity contribution in [3.63, 3.8) is 0 Å². The number of nitrogens with zero attached hydrogens (tertiary/aromatic N) is 4. The van der Waals surface area contributed by atoms with E-state index in [1.54, 1.807) is 24.3 Å². The lowest BCUT2D eigenvalue weighted by molar-refractivity contribution is 0.101. The van der Waals surface area contributed by atoms with E-state index in [9.17, 15) is 13.6 Å². The monoisotopic (exact) mass is 409 g/mol. The third-order valence-electron chi connectivity index (χ3n) is 5.11. The number of piperazine rings is 1. The van der Waals surface area contributed by atoms with E-state index < -0.39 is 23.1 Å². The molecule has 0 unspecified atom stereocenters. The van der Waals surface area contributed by atoms with Gasteiger partial charge in [-0.15, -0.1) is 10.2 Å². The number of halogens is 2. The fraction of sp³-hybridized carbons (Fsp3) is 0.227. The fourth-order valence-electron chi connectivity index (χ4n) is 3.32. The Morgan fingerprint density at radius 3 is 2.17 bits per heavy atom. The van der Waals surface area contributed by atoms with Crippen molar-refractivity contribution in [1.29, 1.82) is 0 Å². The number of hydrogen-bond donors (Lipinski definition) is 1. The highest BCUT2D eigenvalue weighted by Crippen LogP contribution is 2.22. The fourth-order valence-corrected chi connectivity index (χ4v) is 3.32. The smallest absolute Gasteiger partial charge is 0.261 e. The van der Waals surface area contributed by atoms with E-state index in [0.29, 0.717) is 11.4 Å². The highest BCUT2D eigenvalue weighted by molar-refractivity contribution is 6.04. The molecule has 0 radical (unpaired) electrons. The van der Waals surface area contributed by atoms with Crippen molar-refractivity contribution in [1.82, 2.24) is 15.1 Å². The Bertz CT molecular complexity index is 1010. The summed E-state index contributed by atoms with van der Waals surface area (Å²) in [6, 6.07) is 14.0. The van der Waals surface area contributed by atoms with Gasteiger partial charge < -0.3 is 15.1 Å². The summed E-state index contributed by atoms with van der Waals surface area (Å²) >= 11 is 0. The zero-order valence-electron chi connectivity index (χ0n) is 16.5. The molecule has 0 atom stereocenters. The Morgan fingerprint density at radius 1 is 0.900 bits per heavy atom. The first-order valence-electron chi connectivity index (χ1n) is 9.64. The molecule has 1 N–H and O–H groups in total. The first-order chi connectivity index (χ1) is 14.5. The second kappa shape index (κ2) is 8.54. The number of hydrogen-bond acceptors (Lipinski definition) is 5. The highest BCUT2D eigenvalue weighted by atomic mass is 19.1. The minimum Gasteiger partial charge on any atom is -0.353 e. The van der Waals surface area contributed by atoms with Crippen LogP contribution < -0.4 is 10.2 Å². The summed E-state index contributed by atoms with van der Waals surface area (Å²) < 4.78 is 27.5.